The fraction of sp³-hybridized carbons (Fsp3) is 0.158. The second-order valence-electron chi connectivity index (χ2n) is 6.73. The van der Waals surface area contributed by atoms with Crippen LogP contribution in [0.1, 0.15) is 12.8 Å². The van der Waals surface area contributed by atoms with E-state index >= 15 is 0 Å². The topological polar surface area (TPSA) is 113 Å². The minimum atomic E-state index is -0.840. The molecule has 1 fully saturated rings. The Morgan fingerprint density at radius 2 is 1.90 bits per heavy atom. The van der Waals surface area contributed by atoms with Crippen molar-refractivity contribution in [2.75, 3.05) is 5.32 Å². The van der Waals surface area contributed by atoms with Gasteiger partial charge in [0, 0.05) is 5.56 Å². The molecule has 2 heterocycles. The second kappa shape index (κ2) is 6.36. The Labute approximate surface area is 160 Å². The largest absolute Gasteiger partial charge is 0.446 e. The number of fused-ring (bicyclic) bond motifs is 2. The summed E-state index contributed by atoms with van der Waals surface area (Å²) >= 11 is 0. The average Bonchev–Trinajstić information content (AvgIpc) is 3.41. The van der Waals surface area contributed by atoms with Crippen molar-refractivity contribution >= 4 is 33.8 Å². The lowest BCUT2D eigenvalue weighted by Crippen LogP contribution is -2.15. The Kier molecular flexibility index (Phi) is 3.79. The Bertz CT molecular complexity index is 1340. The lowest BCUT2D eigenvalue weighted by atomic mass is 10.0. The maximum absolute atomic E-state index is 14.4. The van der Waals surface area contributed by atoms with Crippen LogP contribution in [0.3, 0.4) is 0 Å². The molecule has 4 aromatic rings. The van der Waals surface area contributed by atoms with Gasteiger partial charge in [0.2, 0.25) is 5.95 Å². The zero-order chi connectivity index (χ0) is 20.1. The van der Waals surface area contributed by atoms with Crippen LogP contribution >= 0.6 is 0 Å². The van der Waals surface area contributed by atoms with Gasteiger partial charge in [-0.2, -0.15) is 5.10 Å². The highest BCUT2D eigenvalue weighted by atomic mass is 19.1. The minimum Gasteiger partial charge on any atom is -0.446 e. The van der Waals surface area contributed by atoms with E-state index < -0.39 is 28.7 Å². The molecule has 0 spiro atoms. The standard InChI is InChI=1S/C19H13F2N5O3/c20-10-4-5-11(21)15-14(10)16(25-26-17(15)27)8-1-6-12-13(7-8)23-18(22-12)24-19(28)29-9-2-3-9/h1,4-7,9H,2-3H2,(H,26,27)(H2,22,23,24,28). The molecular formula is C19H13F2N5O3. The first-order chi connectivity index (χ1) is 14.0. The smallest absolute Gasteiger partial charge is 0.414 e. The number of amides is 1. The number of hydrogen-bond donors (Lipinski definition) is 3. The van der Waals surface area contributed by atoms with Crippen molar-refractivity contribution < 1.29 is 18.3 Å². The molecule has 0 saturated heterocycles. The fourth-order valence-corrected chi connectivity index (χ4v) is 3.11. The molecule has 0 radical (unpaired) electrons. The van der Waals surface area contributed by atoms with Crippen LogP contribution in [0.2, 0.25) is 0 Å². The highest BCUT2D eigenvalue weighted by Gasteiger charge is 2.26. The highest BCUT2D eigenvalue weighted by Crippen LogP contribution is 2.30. The SMILES string of the molecule is O=C(Nc1nc2cc(-c3n[nH]c(=O)c4c(F)ccc(F)c34)ccc2[nH]1)OC1CC1. The zero-order valence-electron chi connectivity index (χ0n) is 14.8. The third-order valence-corrected chi connectivity index (χ3v) is 4.61. The summed E-state index contributed by atoms with van der Waals surface area (Å²) in [6.45, 7) is 0. The van der Waals surface area contributed by atoms with E-state index in [0.717, 1.165) is 25.0 Å². The molecule has 3 N–H and O–H groups in total. The van der Waals surface area contributed by atoms with Crippen LogP contribution in [0.15, 0.2) is 35.1 Å². The summed E-state index contributed by atoms with van der Waals surface area (Å²) in [5.74, 6) is -1.41. The molecule has 2 aromatic heterocycles. The Morgan fingerprint density at radius 3 is 2.66 bits per heavy atom. The normalized spacial score (nSPS) is 13.7. The van der Waals surface area contributed by atoms with Gasteiger partial charge in [-0.05, 0) is 37.1 Å². The molecule has 146 valence electrons. The monoisotopic (exact) mass is 397 g/mol. The van der Waals surface area contributed by atoms with E-state index in [1.165, 1.54) is 0 Å². The molecule has 1 amide bonds. The number of ether oxygens (including phenoxy) is 1. The third kappa shape index (κ3) is 3.08. The van der Waals surface area contributed by atoms with Gasteiger partial charge in [-0.1, -0.05) is 6.07 Å². The third-order valence-electron chi connectivity index (χ3n) is 4.61. The van der Waals surface area contributed by atoms with Gasteiger partial charge < -0.3 is 9.72 Å². The Balaban J connectivity index is 1.57. The van der Waals surface area contributed by atoms with Gasteiger partial charge >= 0.3 is 6.09 Å². The summed E-state index contributed by atoms with van der Waals surface area (Å²) in [6, 6.07) is 6.71. The van der Waals surface area contributed by atoms with Crippen molar-refractivity contribution in [1.29, 1.82) is 0 Å². The lowest BCUT2D eigenvalue weighted by Gasteiger charge is -2.07. The molecule has 0 unspecified atom stereocenters. The van der Waals surface area contributed by atoms with Gasteiger partial charge in [0.1, 0.15) is 23.4 Å². The molecule has 5 rings (SSSR count). The summed E-state index contributed by atoms with van der Waals surface area (Å²) in [5.41, 5.74) is 0.742. The van der Waals surface area contributed by atoms with E-state index in [1.54, 1.807) is 18.2 Å². The van der Waals surface area contributed by atoms with Crippen LogP contribution in [0.4, 0.5) is 19.5 Å². The van der Waals surface area contributed by atoms with Gasteiger partial charge in [-0.3, -0.25) is 10.1 Å². The van der Waals surface area contributed by atoms with Crippen LogP contribution in [0, 0.1) is 11.6 Å². The summed E-state index contributed by atoms with van der Waals surface area (Å²) in [4.78, 5) is 30.9. The number of nitrogens with zero attached hydrogens (tertiary/aromatic N) is 2. The number of carbonyl (C=O) groups excluding carboxylic acids is 1. The van der Waals surface area contributed by atoms with Crippen molar-refractivity contribution in [3.05, 3.63) is 52.3 Å². The van der Waals surface area contributed by atoms with Gasteiger partial charge in [-0.25, -0.2) is 23.7 Å². The maximum atomic E-state index is 14.4. The molecule has 8 nitrogen and oxygen atoms in total. The maximum Gasteiger partial charge on any atom is 0.414 e. The summed E-state index contributed by atoms with van der Waals surface area (Å²) in [7, 11) is 0. The van der Waals surface area contributed by atoms with Gasteiger partial charge in [-0.15, -0.1) is 0 Å². The Hall–Kier alpha value is -3.82. The number of carbonyl (C=O) groups is 1. The van der Waals surface area contributed by atoms with Crippen LogP contribution in [-0.4, -0.2) is 32.4 Å². The van der Waals surface area contributed by atoms with Gasteiger partial charge in [0.05, 0.1) is 21.8 Å². The number of halogens is 2. The quantitative estimate of drug-likeness (QED) is 0.490. The van der Waals surface area contributed by atoms with Crippen LogP contribution in [0.5, 0.6) is 0 Å². The van der Waals surface area contributed by atoms with E-state index in [9.17, 15) is 18.4 Å². The molecule has 1 saturated carbocycles. The number of imidazole rings is 1. The highest BCUT2D eigenvalue weighted by molar-refractivity contribution is 5.96. The van der Waals surface area contributed by atoms with Crippen LogP contribution < -0.4 is 10.9 Å². The molecule has 1 aliphatic carbocycles. The van der Waals surface area contributed by atoms with Crippen molar-refractivity contribution in [3.63, 3.8) is 0 Å². The molecule has 2 aromatic carbocycles. The predicted octanol–water partition coefficient (Wildman–Crippen LogP) is 3.46. The predicted molar refractivity (Wildman–Crippen MR) is 100 cm³/mol. The van der Waals surface area contributed by atoms with E-state index in [-0.39, 0.29) is 23.1 Å². The van der Waals surface area contributed by atoms with Crippen LogP contribution in [-0.2, 0) is 4.74 Å². The number of rotatable bonds is 3. The van der Waals surface area contributed by atoms with E-state index in [4.69, 9.17) is 4.74 Å². The number of nitrogens with one attached hydrogen (secondary N) is 3. The number of aromatic nitrogens is 4. The molecule has 0 atom stereocenters. The van der Waals surface area contributed by atoms with Crippen molar-refractivity contribution in [2.45, 2.75) is 18.9 Å². The second-order valence-corrected chi connectivity index (χ2v) is 6.73. The molecule has 29 heavy (non-hydrogen) atoms. The summed E-state index contributed by atoms with van der Waals surface area (Å²) < 4.78 is 33.6. The number of hydrogen-bond acceptors (Lipinski definition) is 5. The number of aromatic amines is 2. The first-order valence-electron chi connectivity index (χ1n) is 8.84. The number of anilines is 1. The molecular weight excluding hydrogens is 384 g/mol. The van der Waals surface area contributed by atoms with E-state index in [2.05, 4.69) is 25.5 Å². The number of benzene rings is 2. The first-order valence-corrected chi connectivity index (χ1v) is 8.84. The van der Waals surface area contributed by atoms with Crippen molar-refractivity contribution in [3.8, 4) is 11.3 Å². The van der Waals surface area contributed by atoms with Crippen molar-refractivity contribution in [2.24, 2.45) is 0 Å². The van der Waals surface area contributed by atoms with Gasteiger partial charge in [0.15, 0.2) is 0 Å². The summed E-state index contributed by atoms with van der Waals surface area (Å²) in [6.07, 6.45) is 1.07. The zero-order valence-corrected chi connectivity index (χ0v) is 14.8. The fourth-order valence-electron chi connectivity index (χ4n) is 3.11. The average molecular weight is 397 g/mol. The molecule has 0 aliphatic heterocycles. The lowest BCUT2D eigenvalue weighted by molar-refractivity contribution is 0.154. The minimum absolute atomic E-state index is 0.0409. The van der Waals surface area contributed by atoms with E-state index in [0.29, 0.717) is 16.6 Å². The van der Waals surface area contributed by atoms with Gasteiger partial charge in [0.25, 0.3) is 5.56 Å². The Morgan fingerprint density at radius 1 is 1.14 bits per heavy atom. The number of H-pyrrole nitrogens is 2. The van der Waals surface area contributed by atoms with Crippen molar-refractivity contribution in [1.82, 2.24) is 20.2 Å². The summed E-state index contributed by atoms with van der Waals surface area (Å²) in [5, 5.41) is 8.01. The van der Waals surface area contributed by atoms with E-state index in [1.807, 2.05) is 0 Å². The first kappa shape index (κ1) is 17.3. The van der Waals surface area contributed by atoms with Crippen LogP contribution in [0.25, 0.3) is 33.1 Å². The molecule has 1 aliphatic rings. The molecule has 0 bridgehead atoms. The molecule has 10 heteroatoms.